The molecule has 1 aromatic rings. The molecule has 2 aliphatic heterocycles. The fraction of sp³-hybridized carbons (Fsp3) is 0.263. The minimum absolute atomic E-state index is 0.0883. The van der Waals surface area contributed by atoms with Gasteiger partial charge in [0, 0.05) is 17.3 Å². The van der Waals surface area contributed by atoms with E-state index in [2.05, 4.69) is 10.3 Å². The number of nitrogens with zero attached hydrogens (tertiary/aromatic N) is 3. The van der Waals surface area contributed by atoms with Crippen LogP contribution in [0.1, 0.15) is 17.3 Å². The highest BCUT2D eigenvalue weighted by atomic mass is 16.5. The second-order valence-electron chi connectivity index (χ2n) is 6.29. The van der Waals surface area contributed by atoms with E-state index in [9.17, 15) is 19.2 Å². The molecule has 0 bridgehead atoms. The van der Waals surface area contributed by atoms with Gasteiger partial charge in [-0.2, -0.15) is 9.48 Å². The fourth-order valence-corrected chi connectivity index (χ4v) is 2.99. The van der Waals surface area contributed by atoms with Crippen molar-refractivity contribution < 1.29 is 28.5 Å². The van der Waals surface area contributed by atoms with Crippen LogP contribution in [0.3, 0.4) is 0 Å². The van der Waals surface area contributed by atoms with Gasteiger partial charge in [0.15, 0.2) is 18.2 Å². The van der Waals surface area contributed by atoms with E-state index >= 15 is 0 Å². The van der Waals surface area contributed by atoms with Crippen LogP contribution in [-0.2, 0) is 14.3 Å². The van der Waals surface area contributed by atoms with E-state index in [0.29, 0.717) is 17.0 Å². The molecule has 0 spiro atoms. The van der Waals surface area contributed by atoms with E-state index < -0.39 is 30.3 Å². The molecule has 0 radical (unpaired) electrons. The predicted octanol–water partition coefficient (Wildman–Crippen LogP) is 1.06. The molecule has 1 unspecified atom stereocenters. The van der Waals surface area contributed by atoms with Gasteiger partial charge >= 0.3 is 11.9 Å². The number of aliphatic imine (C=N–C) groups is 1. The average molecular weight is 383 g/mol. The average Bonchev–Trinajstić information content (AvgIpc) is 2.69. The molecule has 1 aromatic carbocycles. The molecular formula is C19H19N4O5+. The third-order valence-electron chi connectivity index (χ3n) is 4.48. The van der Waals surface area contributed by atoms with Crippen LogP contribution in [0.4, 0.5) is 10.5 Å². The van der Waals surface area contributed by atoms with Crippen LogP contribution < -0.4 is 5.32 Å². The van der Waals surface area contributed by atoms with E-state index in [1.54, 1.807) is 30.3 Å². The minimum atomic E-state index is -0.875. The molecule has 0 fully saturated rings. The highest BCUT2D eigenvalue weighted by Gasteiger charge is 2.49. The zero-order valence-corrected chi connectivity index (χ0v) is 15.6. The number of benzene rings is 1. The number of anilines is 1. The minimum Gasteiger partial charge on any atom is -0.499 e. The zero-order chi connectivity index (χ0) is 20.4. The van der Waals surface area contributed by atoms with Gasteiger partial charge in [0.2, 0.25) is 0 Å². The molecule has 4 amide bonds. The first-order valence-corrected chi connectivity index (χ1v) is 8.48. The number of carbonyl (C=O) groups is 4. The number of dihydropyridines is 1. The van der Waals surface area contributed by atoms with Crippen molar-refractivity contribution in [2.24, 2.45) is 10.9 Å². The number of carbonyl (C=O) groups excluding carboxylic acids is 4. The van der Waals surface area contributed by atoms with Gasteiger partial charge in [-0.15, -0.1) is 4.99 Å². The Kier molecular flexibility index (Phi) is 5.16. The van der Waals surface area contributed by atoms with E-state index in [1.165, 1.54) is 31.9 Å². The summed E-state index contributed by atoms with van der Waals surface area (Å²) in [6.45, 7) is 0.988. The highest BCUT2D eigenvalue weighted by molar-refractivity contribution is 6.16. The van der Waals surface area contributed by atoms with Gasteiger partial charge in [-0.25, -0.2) is 4.79 Å². The molecule has 1 atom stereocenters. The Hall–Kier alpha value is -3.62. The standard InChI is InChI=1S/C19H18N4O5/c1-11(24)12-4-6-13(7-5-12)21-15(25)10-23-18(26)16-14(28-3)8-9-20-17(16)22(2)19(23)27/h4-9,16H,10H2,1-3H3/p+1. The predicted molar refractivity (Wildman–Crippen MR) is 100 cm³/mol. The first kappa shape index (κ1) is 19.2. The lowest BCUT2D eigenvalue weighted by atomic mass is 9.99. The monoisotopic (exact) mass is 383 g/mol. The van der Waals surface area contributed by atoms with Crippen molar-refractivity contribution in [2.45, 2.75) is 6.92 Å². The van der Waals surface area contributed by atoms with Crippen molar-refractivity contribution in [3.05, 3.63) is 41.7 Å². The summed E-state index contributed by atoms with van der Waals surface area (Å²) in [4.78, 5) is 54.0. The number of nitrogens with one attached hydrogen (secondary N) is 1. The molecule has 1 N–H and O–H groups in total. The molecule has 2 heterocycles. The number of ketones is 1. The third-order valence-corrected chi connectivity index (χ3v) is 4.48. The van der Waals surface area contributed by atoms with Crippen molar-refractivity contribution in [3.63, 3.8) is 0 Å². The number of methoxy groups -OCH3 is 1. The second kappa shape index (κ2) is 7.55. The van der Waals surface area contributed by atoms with Crippen molar-refractivity contribution >= 4 is 41.4 Å². The van der Waals surface area contributed by atoms with Crippen LogP contribution in [0, 0.1) is 5.92 Å². The lowest BCUT2D eigenvalue weighted by Crippen LogP contribution is -2.56. The molecule has 3 rings (SSSR count). The van der Waals surface area contributed by atoms with Gasteiger partial charge in [0.1, 0.15) is 12.0 Å². The largest absolute Gasteiger partial charge is 0.499 e. The van der Waals surface area contributed by atoms with Crippen LogP contribution >= 0.6 is 0 Å². The molecule has 0 saturated heterocycles. The normalized spacial score (nSPS) is 18.6. The van der Waals surface area contributed by atoms with E-state index in [0.717, 1.165) is 4.90 Å². The van der Waals surface area contributed by atoms with Crippen LogP contribution in [0.5, 0.6) is 0 Å². The summed E-state index contributed by atoms with van der Waals surface area (Å²) >= 11 is 0. The maximum absolute atomic E-state index is 12.8. The van der Waals surface area contributed by atoms with Gasteiger partial charge in [-0.05, 0) is 31.2 Å². The van der Waals surface area contributed by atoms with E-state index in [4.69, 9.17) is 4.74 Å². The Morgan fingerprint density at radius 3 is 2.54 bits per heavy atom. The zero-order valence-electron chi connectivity index (χ0n) is 15.6. The maximum Gasteiger partial charge on any atom is 0.446 e. The molecule has 2 aliphatic rings. The van der Waals surface area contributed by atoms with Crippen molar-refractivity contribution in [1.29, 1.82) is 0 Å². The van der Waals surface area contributed by atoms with Crippen LogP contribution in [0.15, 0.2) is 41.1 Å². The Morgan fingerprint density at radius 1 is 1.25 bits per heavy atom. The van der Waals surface area contributed by atoms with Gasteiger partial charge in [0.05, 0.1) is 14.2 Å². The lowest BCUT2D eigenvalue weighted by molar-refractivity contribution is -0.408. The maximum atomic E-state index is 12.8. The first-order chi connectivity index (χ1) is 13.3. The van der Waals surface area contributed by atoms with Gasteiger partial charge in [0.25, 0.3) is 11.7 Å². The summed E-state index contributed by atoms with van der Waals surface area (Å²) in [5.41, 5.74) is 0.966. The Morgan fingerprint density at radius 2 is 1.93 bits per heavy atom. The molecule has 0 aliphatic carbocycles. The number of urea groups is 1. The Labute approximate surface area is 161 Å². The molecule has 0 aromatic heterocycles. The van der Waals surface area contributed by atoms with Crippen LogP contribution in [0.25, 0.3) is 0 Å². The molecule has 0 saturated carbocycles. The van der Waals surface area contributed by atoms with Gasteiger partial charge in [-0.3, -0.25) is 14.4 Å². The number of Topliss-reactive ketones (excluding diaryl/α,β-unsaturated/α-hetero) is 1. The highest BCUT2D eigenvalue weighted by Crippen LogP contribution is 2.24. The number of allylic oxidation sites excluding steroid dienone is 1. The van der Waals surface area contributed by atoms with E-state index in [-0.39, 0.29) is 11.6 Å². The number of imide groups is 1. The lowest BCUT2D eigenvalue weighted by Gasteiger charge is -2.27. The van der Waals surface area contributed by atoms with Crippen molar-refractivity contribution in [1.82, 2.24) is 4.90 Å². The molecular weight excluding hydrogens is 364 g/mol. The quantitative estimate of drug-likeness (QED) is 0.604. The summed E-state index contributed by atoms with van der Waals surface area (Å²) in [6, 6.07) is 5.68. The van der Waals surface area contributed by atoms with Gasteiger partial charge in [-0.1, -0.05) is 0 Å². The summed E-state index contributed by atoms with van der Waals surface area (Å²) in [6.07, 6.45) is 3.00. The Bertz CT molecular complexity index is 959. The van der Waals surface area contributed by atoms with Crippen LogP contribution in [-0.4, -0.2) is 65.9 Å². The van der Waals surface area contributed by atoms with Crippen molar-refractivity contribution in [3.8, 4) is 0 Å². The number of fused-ring (bicyclic) bond motifs is 1. The summed E-state index contributed by atoms with van der Waals surface area (Å²) < 4.78 is 6.46. The second-order valence-corrected chi connectivity index (χ2v) is 6.29. The topological polar surface area (TPSA) is 108 Å². The summed E-state index contributed by atoms with van der Waals surface area (Å²) in [7, 11) is 2.91. The van der Waals surface area contributed by atoms with Crippen molar-refractivity contribution in [2.75, 3.05) is 26.0 Å². The van der Waals surface area contributed by atoms with E-state index in [1.807, 2.05) is 0 Å². The number of amides is 4. The summed E-state index contributed by atoms with van der Waals surface area (Å²) in [5, 5.41) is 2.61. The number of hydrogen-bond donors (Lipinski definition) is 1. The van der Waals surface area contributed by atoms with Gasteiger partial charge < -0.3 is 10.1 Å². The Balaban J connectivity index is 1.77. The first-order valence-electron chi connectivity index (χ1n) is 8.48. The number of amidine groups is 1. The molecule has 144 valence electrons. The number of rotatable bonds is 5. The molecule has 9 nitrogen and oxygen atoms in total. The molecule has 9 heteroatoms. The SMILES string of the molecule is COC1=CC=NC2=[N+](C)C(=O)N(CC(=O)Nc3ccc(C(C)=O)cc3)C(=O)C12. The summed E-state index contributed by atoms with van der Waals surface area (Å²) in [5.74, 6) is -1.48. The fourth-order valence-electron chi connectivity index (χ4n) is 2.99. The molecule has 28 heavy (non-hydrogen) atoms. The van der Waals surface area contributed by atoms with Crippen LogP contribution in [0.2, 0.25) is 0 Å². The smallest absolute Gasteiger partial charge is 0.446 e. The number of hydrogen-bond acceptors (Lipinski definition) is 6. The third kappa shape index (κ3) is 3.46. The number of ether oxygens (including phenoxy) is 1.